The summed E-state index contributed by atoms with van der Waals surface area (Å²) in [6.07, 6.45) is -0.925. The molecule has 0 aromatic rings. The second-order valence-electron chi connectivity index (χ2n) is 1.62. The summed E-state index contributed by atoms with van der Waals surface area (Å²) in [5.41, 5.74) is 0. The molecule has 1 N–H and O–H groups in total. The summed E-state index contributed by atoms with van der Waals surface area (Å²) >= 11 is 0.441. The fourth-order valence-corrected chi connectivity index (χ4v) is 1.31. The average molecular weight is 196 g/mol. The summed E-state index contributed by atoms with van der Waals surface area (Å²) in [4.78, 5) is 9.85. The fraction of sp³-hybridized carbons (Fsp3) is 0.800. The molecule has 0 rings (SSSR count). The van der Waals surface area contributed by atoms with Crippen LogP contribution in [0.4, 0.5) is 0 Å². The van der Waals surface area contributed by atoms with Crippen molar-refractivity contribution in [3.8, 4) is 0 Å². The maximum absolute atomic E-state index is 9.85. The topological polar surface area (TPSA) is 60.4 Å². The predicted octanol–water partition coefficient (Wildman–Crippen LogP) is -1.34. The van der Waals surface area contributed by atoms with Crippen molar-refractivity contribution in [2.24, 2.45) is 0 Å². The van der Waals surface area contributed by atoms with E-state index in [0.29, 0.717) is 21.4 Å². The molecule has 0 amide bonds. The van der Waals surface area contributed by atoms with Gasteiger partial charge >= 0.3 is 59.6 Å². The third-order valence-electron chi connectivity index (χ3n) is 0.867. The van der Waals surface area contributed by atoms with Crippen LogP contribution >= 0.6 is 0 Å². The molecular weight excluding hydrogens is 187 g/mol. The summed E-state index contributed by atoms with van der Waals surface area (Å²) in [5.74, 6) is 0.633. The molecule has 3 nitrogen and oxygen atoms in total. The van der Waals surface area contributed by atoms with Crippen LogP contribution < -0.4 is 5.11 Å². The van der Waals surface area contributed by atoms with E-state index >= 15 is 0 Å². The van der Waals surface area contributed by atoms with Gasteiger partial charge in [-0.2, -0.15) is 0 Å². The molecule has 0 aromatic heterocycles. The quantitative estimate of drug-likeness (QED) is 0.566. The molecule has 4 heteroatoms. The van der Waals surface area contributed by atoms with Crippen LogP contribution in [0.2, 0.25) is 11.1 Å². The molecule has 0 saturated carbocycles. The molecule has 0 radical (unpaired) electrons. The number of rotatable bonds is 4. The zero-order chi connectivity index (χ0) is 7.28. The van der Waals surface area contributed by atoms with Gasteiger partial charge in [-0.25, -0.2) is 0 Å². The molecule has 0 unspecified atom stereocenters. The Kier molecular flexibility index (Phi) is 4.77. The van der Waals surface area contributed by atoms with Gasteiger partial charge in [-0.3, -0.25) is 0 Å². The Morgan fingerprint density at radius 1 is 1.89 bits per heavy atom. The molecule has 0 heterocycles. The molecule has 54 valence electrons. The van der Waals surface area contributed by atoms with Gasteiger partial charge in [0.2, 0.25) is 0 Å². The second kappa shape index (κ2) is 4.79. The van der Waals surface area contributed by atoms with E-state index < -0.39 is 12.1 Å². The number of hydrogen-bond acceptors (Lipinski definition) is 3. The second-order valence-corrected chi connectivity index (χ2v) is 3.68. The molecule has 0 bridgehead atoms. The first kappa shape index (κ1) is 8.95. The van der Waals surface area contributed by atoms with Gasteiger partial charge in [0.05, 0.1) is 0 Å². The zero-order valence-electron chi connectivity index (χ0n) is 5.16. The van der Waals surface area contributed by atoms with E-state index in [-0.39, 0.29) is 0 Å². The minimum atomic E-state index is -1.36. The van der Waals surface area contributed by atoms with Crippen LogP contribution in [0.3, 0.4) is 0 Å². The maximum atomic E-state index is 9.85. The summed E-state index contributed by atoms with van der Waals surface area (Å²) in [5, 5.41) is 19.3. The molecular formula is C5H9O3Se-. The van der Waals surface area contributed by atoms with E-state index in [1.807, 2.05) is 5.82 Å². The Morgan fingerprint density at radius 3 is 2.78 bits per heavy atom. The van der Waals surface area contributed by atoms with Crippen LogP contribution in [0.15, 0.2) is 0 Å². The molecule has 0 saturated heterocycles. The van der Waals surface area contributed by atoms with E-state index in [2.05, 4.69) is 0 Å². The summed E-state index contributed by atoms with van der Waals surface area (Å²) in [6.45, 7) is 0. The van der Waals surface area contributed by atoms with Crippen molar-refractivity contribution in [2.75, 3.05) is 0 Å². The molecule has 0 fully saturated rings. The van der Waals surface area contributed by atoms with Crippen molar-refractivity contribution in [1.29, 1.82) is 0 Å². The third kappa shape index (κ3) is 4.45. The number of hydrogen-bond donors (Lipinski definition) is 1. The SMILES string of the molecule is C[Se]CC[C@H](O)C(=O)[O-]. The number of carbonyl (C=O) groups is 1. The summed E-state index contributed by atoms with van der Waals surface area (Å²) in [6, 6.07) is 0. The Morgan fingerprint density at radius 2 is 2.44 bits per heavy atom. The average Bonchev–Trinajstić information content (AvgIpc) is 1.82. The Bertz CT molecular complexity index is 94.2. The number of carboxylic acid groups (broad SMARTS) is 1. The van der Waals surface area contributed by atoms with Crippen LogP contribution in [0.5, 0.6) is 0 Å². The van der Waals surface area contributed by atoms with Crippen molar-refractivity contribution in [3.63, 3.8) is 0 Å². The Balaban J connectivity index is 3.27. The molecule has 1 atom stereocenters. The molecule has 9 heavy (non-hydrogen) atoms. The van der Waals surface area contributed by atoms with E-state index in [9.17, 15) is 9.90 Å². The molecule has 0 aromatic carbocycles. The van der Waals surface area contributed by atoms with Crippen LogP contribution in [0, 0.1) is 0 Å². The first-order chi connectivity index (χ1) is 4.18. The number of aliphatic hydroxyl groups excluding tert-OH is 1. The van der Waals surface area contributed by atoms with Crippen LogP contribution in [0.25, 0.3) is 0 Å². The van der Waals surface area contributed by atoms with Crippen LogP contribution in [-0.4, -0.2) is 32.1 Å². The van der Waals surface area contributed by atoms with E-state index in [1.54, 1.807) is 0 Å². The number of aliphatic hydroxyl groups is 1. The van der Waals surface area contributed by atoms with Gasteiger partial charge in [-0.05, 0) is 0 Å². The van der Waals surface area contributed by atoms with Crippen molar-refractivity contribution in [3.05, 3.63) is 0 Å². The normalized spacial score (nSPS) is 13.1. The van der Waals surface area contributed by atoms with Gasteiger partial charge in [-0.1, -0.05) is 0 Å². The van der Waals surface area contributed by atoms with Gasteiger partial charge in [0, 0.05) is 0 Å². The number of carboxylic acids is 1. The van der Waals surface area contributed by atoms with Crippen LogP contribution in [-0.2, 0) is 4.79 Å². The minimum absolute atomic E-state index is 0.332. The first-order valence-electron chi connectivity index (χ1n) is 2.56. The van der Waals surface area contributed by atoms with Gasteiger partial charge in [0.1, 0.15) is 0 Å². The monoisotopic (exact) mass is 197 g/mol. The standard InChI is InChI=1S/C5H10O3Se/c1-9-3-2-4(6)5(7)8/h4,6H,2-3H2,1H3,(H,7,8)/p-1/t4-/m0/s1. The van der Waals surface area contributed by atoms with E-state index in [1.165, 1.54) is 0 Å². The Labute approximate surface area is 60.2 Å². The van der Waals surface area contributed by atoms with E-state index in [4.69, 9.17) is 5.11 Å². The van der Waals surface area contributed by atoms with Gasteiger partial charge in [-0.15, -0.1) is 0 Å². The number of aliphatic carboxylic acids is 1. The van der Waals surface area contributed by atoms with E-state index in [0.717, 1.165) is 5.32 Å². The van der Waals surface area contributed by atoms with Crippen molar-refractivity contribution in [1.82, 2.24) is 0 Å². The third-order valence-corrected chi connectivity index (χ3v) is 2.22. The fourth-order valence-electron chi connectivity index (χ4n) is 0.347. The van der Waals surface area contributed by atoms with Crippen molar-refractivity contribution >= 4 is 20.9 Å². The van der Waals surface area contributed by atoms with Gasteiger partial charge in [0.15, 0.2) is 0 Å². The predicted molar refractivity (Wildman–Crippen MR) is 32.1 cm³/mol. The molecule has 0 spiro atoms. The number of carbonyl (C=O) groups excluding carboxylic acids is 1. The summed E-state index contributed by atoms with van der Waals surface area (Å²) in [7, 11) is 0. The molecule has 0 aliphatic rings. The summed E-state index contributed by atoms with van der Waals surface area (Å²) < 4.78 is 0. The zero-order valence-corrected chi connectivity index (χ0v) is 6.88. The van der Waals surface area contributed by atoms with Gasteiger partial charge in [0.25, 0.3) is 0 Å². The van der Waals surface area contributed by atoms with Crippen LogP contribution in [0.1, 0.15) is 6.42 Å². The Hall–Kier alpha value is -0.0505. The van der Waals surface area contributed by atoms with Gasteiger partial charge < -0.3 is 0 Å². The molecule has 0 aliphatic heterocycles. The van der Waals surface area contributed by atoms with Crippen molar-refractivity contribution in [2.45, 2.75) is 23.7 Å². The first-order valence-corrected chi connectivity index (χ1v) is 5.48. The molecule has 0 aliphatic carbocycles. The van der Waals surface area contributed by atoms with Crippen molar-refractivity contribution < 1.29 is 15.0 Å².